The van der Waals surface area contributed by atoms with Gasteiger partial charge in [0.2, 0.25) is 5.91 Å². The molecule has 0 aliphatic heterocycles. The topological polar surface area (TPSA) is 78.4 Å². The minimum atomic E-state index is -0.400. The minimum Gasteiger partial charge on any atom is -0.392 e. The Bertz CT molecular complexity index is 484. The van der Waals surface area contributed by atoms with E-state index in [9.17, 15) is 9.59 Å². The summed E-state index contributed by atoms with van der Waals surface area (Å²) in [5.41, 5.74) is 0.833. The molecule has 114 valence electrons. The molecule has 1 aromatic carbocycles. The fourth-order valence-electron chi connectivity index (χ4n) is 2.29. The van der Waals surface area contributed by atoms with Crippen molar-refractivity contribution < 1.29 is 14.7 Å². The van der Waals surface area contributed by atoms with Gasteiger partial charge < -0.3 is 10.4 Å². The maximum Gasteiger partial charge on any atom is 0.321 e. The third-order valence-corrected chi connectivity index (χ3v) is 4.43. The molecule has 21 heavy (non-hydrogen) atoms. The van der Waals surface area contributed by atoms with Crippen LogP contribution in [-0.2, 0) is 11.4 Å². The molecule has 1 aliphatic carbocycles. The van der Waals surface area contributed by atoms with Crippen molar-refractivity contribution >= 4 is 23.7 Å². The molecule has 0 atom stereocenters. The average Bonchev–Trinajstić information content (AvgIpc) is 2.98. The highest BCUT2D eigenvalue weighted by atomic mass is 32.2. The maximum absolute atomic E-state index is 11.7. The Labute approximate surface area is 128 Å². The molecule has 3 amide bonds. The van der Waals surface area contributed by atoms with Crippen molar-refractivity contribution in [2.75, 3.05) is 5.75 Å². The lowest BCUT2D eigenvalue weighted by Gasteiger charge is -2.12. The molecular weight excluding hydrogens is 288 g/mol. The van der Waals surface area contributed by atoms with Crippen LogP contribution in [0.4, 0.5) is 4.79 Å². The van der Waals surface area contributed by atoms with E-state index in [1.54, 1.807) is 0 Å². The zero-order chi connectivity index (χ0) is 15.1. The average molecular weight is 308 g/mol. The Morgan fingerprint density at radius 3 is 2.48 bits per heavy atom. The van der Waals surface area contributed by atoms with Gasteiger partial charge in [0.1, 0.15) is 0 Å². The van der Waals surface area contributed by atoms with Gasteiger partial charge in [-0.2, -0.15) is 0 Å². The summed E-state index contributed by atoms with van der Waals surface area (Å²) in [6.45, 7) is 0.00672. The highest BCUT2D eigenvalue weighted by Crippen LogP contribution is 2.18. The maximum atomic E-state index is 11.7. The summed E-state index contributed by atoms with van der Waals surface area (Å²) >= 11 is 1.36. The zero-order valence-electron chi connectivity index (χ0n) is 11.8. The van der Waals surface area contributed by atoms with Gasteiger partial charge in [0, 0.05) is 10.9 Å². The molecular formula is C15H20N2O3S. The fourth-order valence-corrected chi connectivity index (χ4v) is 2.99. The largest absolute Gasteiger partial charge is 0.392 e. The van der Waals surface area contributed by atoms with Crippen LogP contribution in [-0.4, -0.2) is 28.8 Å². The summed E-state index contributed by atoms with van der Waals surface area (Å²) in [4.78, 5) is 24.2. The molecule has 2 rings (SSSR count). The lowest BCUT2D eigenvalue weighted by Crippen LogP contribution is -2.44. The number of thioether (sulfide) groups is 1. The van der Waals surface area contributed by atoms with E-state index in [2.05, 4.69) is 10.6 Å². The first-order chi connectivity index (χ1) is 10.2. The van der Waals surface area contributed by atoms with E-state index >= 15 is 0 Å². The lowest BCUT2D eigenvalue weighted by atomic mass is 10.2. The number of amides is 3. The van der Waals surface area contributed by atoms with Crippen LogP contribution in [0.2, 0.25) is 0 Å². The monoisotopic (exact) mass is 308 g/mol. The second-order valence-electron chi connectivity index (χ2n) is 5.09. The predicted molar refractivity (Wildman–Crippen MR) is 82.0 cm³/mol. The van der Waals surface area contributed by atoms with Crippen LogP contribution in [0.1, 0.15) is 31.2 Å². The SMILES string of the molecule is O=C(CSc1ccc(CO)cc1)NC(=O)NC1CCCC1. The summed E-state index contributed by atoms with van der Waals surface area (Å²) in [5, 5.41) is 14.1. The molecule has 3 N–H and O–H groups in total. The molecule has 1 aliphatic rings. The summed E-state index contributed by atoms with van der Waals surface area (Å²) in [6, 6.07) is 7.13. The first kappa shape index (κ1) is 15.9. The number of urea groups is 1. The number of hydrogen-bond donors (Lipinski definition) is 3. The van der Waals surface area contributed by atoms with Crippen LogP contribution in [0.25, 0.3) is 0 Å². The van der Waals surface area contributed by atoms with Gasteiger partial charge in [-0.25, -0.2) is 4.79 Å². The van der Waals surface area contributed by atoms with Gasteiger partial charge in [0.05, 0.1) is 12.4 Å². The molecule has 0 bridgehead atoms. The molecule has 0 heterocycles. The standard InChI is InChI=1S/C15H20N2O3S/c18-9-11-5-7-13(8-6-11)21-10-14(19)17-15(20)16-12-3-1-2-4-12/h5-8,12,18H,1-4,9-10H2,(H2,16,17,19,20). The molecule has 0 saturated heterocycles. The van der Waals surface area contributed by atoms with Gasteiger partial charge in [-0.15, -0.1) is 11.8 Å². The van der Waals surface area contributed by atoms with Crippen molar-refractivity contribution in [1.29, 1.82) is 0 Å². The Kier molecular flexibility index (Phi) is 6.07. The second kappa shape index (κ2) is 8.05. The van der Waals surface area contributed by atoms with E-state index in [-0.39, 0.29) is 24.3 Å². The highest BCUT2D eigenvalue weighted by molar-refractivity contribution is 8.00. The van der Waals surface area contributed by atoms with Crippen LogP contribution < -0.4 is 10.6 Å². The first-order valence-electron chi connectivity index (χ1n) is 7.10. The highest BCUT2D eigenvalue weighted by Gasteiger charge is 2.18. The number of carbonyl (C=O) groups is 2. The van der Waals surface area contributed by atoms with E-state index in [4.69, 9.17) is 5.11 Å². The lowest BCUT2D eigenvalue weighted by molar-refractivity contribution is -0.117. The van der Waals surface area contributed by atoms with Gasteiger partial charge >= 0.3 is 6.03 Å². The first-order valence-corrected chi connectivity index (χ1v) is 8.09. The van der Waals surface area contributed by atoms with Crippen molar-refractivity contribution in [2.45, 2.75) is 43.2 Å². The van der Waals surface area contributed by atoms with Crippen LogP contribution in [0.15, 0.2) is 29.2 Å². The van der Waals surface area contributed by atoms with Crippen LogP contribution in [0.5, 0.6) is 0 Å². The molecule has 0 aromatic heterocycles. The van der Waals surface area contributed by atoms with Crippen molar-refractivity contribution in [3.05, 3.63) is 29.8 Å². The summed E-state index contributed by atoms with van der Waals surface area (Å²) in [5.74, 6) is -0.113. The second-order valence-corrected chi connectivity index (χ2v) is 6.14. The third-order valence-electron chi connectivity index (χ3n) is 3.42. The Balaban J connectivity index is 1.69. The Hall–Kier alpha value is -1.53. The summed E-state index contributed by atoms with van der Waals surface area (Å²) in [7, 11) is 0. The van der Waals surface area contributed by atoms with E-state index in [0.717, 1.165) is 36.1 Å². The van der Waals surface area contributed by atoms with E-state index in [0.29, 0.717) is 0 Å². The van der Waals surface area contributed by atoms with Crippen molar-refractivity contribution in [1.82, 2.24) is 10.6 Å². The van der Waals surface area contributed by atoms with Crippen molar-refractivity contribution in [3.63, 3.8) is 0 Å². The molecule has 0 unspecified atom stereocenters. The number of rotatable bonds is 5. The van der Waals surface area contributed by atoms with Crippen molar-refractivity contribution in [3.8, 4) is 0 Å². The summed E-state index contributed by atoms with van der Waals surface area (Å²) < 4.78 is 0. The van der Waals surface area contributed by atoms with Gasteiger partial charge in [-0.1, -0.05) is 25.0 Å². The number of imide groups is 1. The Morgan fingerprint density at radius 1 is 1.19 bits per heavy atom. The molecule has 1 saturated carbocycles. The molecule has 0 radical (unpaired) electrons. The molecule has 0 spiro atoms. The third kappa shape index (κ3) is 5.40. The van der Waals surface area contributed by atoms with Crippen molar-refractivity contribution in [2.24, 2.45) is 0 Å². The van der Waals surface area contributed by atoms with E-state index in [1.165, 1.54) is 11.8 Å². The Morgan fingerprint density at radius 2 is 1.86 bits per heavy atom. The molecule has 1 fully saturated rings. The van der Waals surface area contributed by atoms with E-state index < -0.39 is 6.03 Å². The smallest absolute Gasteiger partial charge is 0.321 e. The zero-order valence-corrected chi connectivity index (χ0v) is 12.6. The summed E-state index contributed by atoms with van der Waals surface area (Å²) in [6.07, 6.45) is 4.26. The number of aliphatic hydroxyl groups is 1. The van der Waals surface area contributed by atoms with Crippen LogP contribution in [0, 0.1) is 0 Å². The van der Waals surface area contributed by atoms with Gasteiger partial charge in [-0.05, 0) is 30.5 Å². The van der Waals surface area contributed by atoms with Gasteiger partial charge in [0.15, 0.2) is 0 Å². The van der Waals surface area contributed by atoms with E-state index in [1.807, 2.05) is 24.3 Å². The normalized spacial score (nSPS) is 14.9. The quantitative estimate of drug-likeness (QED) is 0.727. The predicted octanol–water partition coefficient (Wildman–Crippen LogP) is 2.04. The number of benzene rings is 1. The number of carbonyl (C=O) groups excluding carboxylic acids is 2. The fraction of sp³-hybridized carbons (Fsp3) is 0.467. The number of nitrogens with one attached hydrogen (secondary N) is 2. The van der Waals surface area contributed by atoms with Gasteiger partial charge in [-0.3, -0.25) is 10.1 Å². The number of aliphatic hydroxyl groups excluding tert-OH is 1. The van der Waals surface area contributed by atoms with Crippen LogP contribution in [0.3, 0.4) is 0 Å². The minimum absolute atomic E-state index is 0.00672. The van der Waals surface area contributed by atoms with Crippen LogP contribution >= 0.6 is 11.8 Å². The number of hydrogen-bond acceptors (Lipinski definition) is 4. The molecule has 1 aromatic rings. The molecule has 5 nitrogen and oxygen atoms in total. The van der Waals surface area contributed by atoms with Gasteiger partial charge in [0.25, 0.3) is 0 Å². The molecule has 6 heteroatoms.